The summed E-state index contributed by atoms with van der Waals surface area (Å²) in [4.78, 5) is 13.7. The maximum atomic E-state index is 14.0. The molecule has 1 aromatic heterocycles. The van der Waals surface area contributed by atoms with Crippen molar-refractivity contribution in [1.82, 2.24) is 10.3 Å². The van der Waals surface area contributed by atoms with E-state index in [-0.39, 0.29) is 24.2 Å². The van der Waals surface area contributed by atoms with Crippen LogP contribution in [-0.4, -0.2) is 15.9 Å². The Hall–Kier alpha value is -2.35. The third-order valence-corrected chi connectivity index (χ3v) is 2.73. The van der Waals surface area contributed by atoms with Crippen molar-refractivity contribution >= 4 is 5.69 Å². The maximum absolute atomic E-state index is 14.0. The van der Waals surface area contributed by atoms with Gasteiger partial charge in [0.25, 0.3) is 0 Å². The molecule has 1 aromatic carbocycles. The van der Waals surface area contributed by atoms with Gasteiger partial charge >= 0.3 is 5.69 Å². The highest BCUT2D eigenvalue weighted by atomic mass is 19.1. The second-order valence-electron chi connectivity index (χ2n) is 4.67. The van der Waals surface area contributed by atoms with Crippen molar-refractivity contribution in [2.24, 2.45) is 0 Å². The number of nitro groups is 1. The molecular weight excluding hydrogens is 284 g/mol. The first-order valence-corrected chi connectivity index (χ1v) is 6.21. The number of oxazole rings is 1. The zero-order valence-corrected chi connectivity index (χ0v) is 11.4. The van der Waals surface area contributed by atoms with E-state index in [4.69, 9.17) is 4.42 Å². The molecule has 0 atom stereocenters. The molecule has 0 spiro atoms. The SMILES string of the molecule is CC(C)NCc1ncc(-c2c(F)ccc([N+](=O)[O-])c2F)o1. The summed E-state index contributed by atoms with van der Waals surface area (Å²) >= 11 is 0. The van der Waals surface area contributed by atoms with Gasteiger partial charge in [0.15, 0.2) is 5.76 Å². The van der Waals surface area contributed by atoms with Gasteiger partial charge in [-0.25, -0.2) is 9.37 Å². The minimum atomic E-state index is -1.28. The van der Waals surface area contributed by atoms with Crippen molar-refractivity contribution in [2.75, 3.05) is 0 Å². The molecule has 112 valence electrons. The van der Waals surface area contributed by atoms with E-state index in [1.807, 2.05) is 13.8 Å². The molecule has 2 rings (SSSR count). The van der Waals surface area contributed by atoms with Gasteiger partial charge in [-0.3, -0.25) is 10.1 Å². The molecule has 2 aromatic rings. The van der Waals surface area contributed by atoms with Gasteiger partial charge in [0.05, 0.1) is 23.2 Å². The summed E-state index contributed by atoms with van der Waals surface area (Å²) in [6.45, 7) is 4.13. The molecule has 0 aliphatic carbocycles. The standard InChI is InChI=1S/C13H13F2N3O3/c1-7(2)16-6-11-17-5-10(21-11)12-8(14)3-4-9(13(12)15)18(19)20/h3-5,7,16H,6H2,1-2H3. The topological polar surface area (TPSA) is 81.2 Å². The van der Waals surface area contributed by atoms with Gasteiger partial charge in [-0.1, -0.05) is 13.8 Å². The predicted molar refractivity (Wildman–Crippen MR) is 70.5 cm³/mol. The molecule has 1 heterocycles. The van der Waals surface area contributed by atoms with E-state index in [9.17, 15) is 18.9 Å². The van der Waals surface area contributed by atoms with Crippen molar-refractivity contribution in [3.63, 3.8) is 0 Å². The second kappa shape index (κ2) is 5.96. The monoisotopic (exact) mass is 297 g/mol. The van der Waals surface area contributed by atoms with E-state index in [0.29, 0.717) is 0 Å². The summed E-state index contributed by atoms with van der Waals surface area (Å²) < 4.78 is 33.0. The number of nitrogens with one attached hydrogen (secondary N) is 1. The zero-order valence-electron chi connectivity index (χ0n) is 11.4. The van der Waals surface area contributed by atoms with Gasteiger partial charge in [0.1, 0.15) is 5.82 Å². The van der Waals surface area contributed by atoms with Crippen molar-refractivity contribution in [1.29, 1.82) is 0 Å². The first-order valence-electron chi connectivity index (χ1n) is 6.21. The van der Waals surface area contributed by atoms with Crippen molar-refractivity contribution in [3.05, 3.63) is 46.0 Å². The average molecular weight is 297 g/mol. The minimum absolute atomic E-state index is 0.186. The lowest BCUT2D eigenvalue weighted by Crippen LogP contribution is -2.21. The summed E-state index contributed by atoms with van der Waals surface area (Å²) in [6, 6.07) is 1.78. The molecule has 0 fully saturated rings. The molecule has 21 heavy (non-hydrogen) atoms. The molecule has 0 aliphatic rings. The third kappa shape index (κ3) is 3.22. The molecule has 1 N–H and O–H groups in total. The fourth-order valence-corrected chi connectivity index (χ4v) is 1.71. The van der Waals surface area contributed by atoms with Crippen LogP contribution < -0.4 is 5.32 Å². The molecule has 6 nitrogen and oxygen atoms in total. The summed E-state index contributed by atoms with van der Waals surface area (Å²) in [5, 5.41) is 13.7. The lowest BCUT2D eigenvalue weighted by Gasteiger charge is -2.04. The van der Waals surface area contributed by atoms with Gasteiger partial charge in [-0.2, -0.15) is 4.39 Å². The molecule has 0 aliphatic heterocycles. The Kier molecular flexibility index (Phi) is 4.27. The Morgan fingerprint density at radius 1 is 1.43 bits per heavy atom. The number of hydrogen-bond acceptors (Lipinski definition) is 5. The lowest BCUT2D eigenvalue weighted by molar-refractivity contribution is -0.387. The highest BCUT2D eigenvalue weighted by Crippen LogP contribution is 2.32. The van der Waals surface area contributed by atoms with E-state index >= 15 is 0 Å². The number of rotatable bonds is 5. The third-order valence-electron chi connectivity index (χ3n) is 2.73. The van der Waals surface area contributed by atoms with E-state index in [1.54, 1.807) is 0 Å². The Bertz CT molecular complexity index is 671. The second-order valence-corrected chi connectivity index (χ2v) is 4.67. The number of nitrogens with zero attached hydrogens (tertiary/aromatic N) is 2. The van der Waals surface area contributed by atoms with Crippen LogP contribution in [0.3, 0.4) is 0 Å². The molecule has 0 unspecified atom stereocenters. The normalized spacial score (nSPS) is 11.1. The Morgan fingerprint density at radius 2 is 2.14 bits per heavy atom. The molecule has 0 saturated carbocycles. The molecule has 0 saturated heterocycles. The predicted octanol–water partition coefficient (Wildman–Crippen LogP) is 3.03. The largest absolute Gasteiger partial charge is 0.439 e. The quantitative estimate of drug-likeness (QED) is 0.677. The summed E-state index contributed by atoms with van der Waals surface area (Å²) in [5.41, 5.74) is -1.41. The number of halogens is 2. The van der Waals surface area contributed by atoms with Crippen molar-refractivity contribution < 1.29 is 18.1 Å². The van der Waals surface area contributed by atoms with E-state index in [2.05, 4.69) is 10.3 Å². The van der Waals surface area contributed by atoms with Gasteiger partial charge in [0, 0.05) is 12.1 Å². The number of nitro benzene ring substituents is 1. The zero-order chi connectivity index (χ0) is 15.6. The highest BCUT2D eigenvalue weighted by Gasteiger charge is 2.25. The molecule has 0 radical (unpaired) electrons. The first-order chi connectivity index (χ1) is 9.90. The average Bonchev–Trinajstić information content (AvgIpc) is 2.84. The first kappa shape index (κ1) is 15.0. The molecule has 8 heteroatoms. The summed E-state index contributed by atoms with van der Waals surface area (Å²) in [7, 11) is 0. The number of aromatic nitrogens is 1. The van der Waals surface area contributed by atoms with Crippen molar-refractivity contribution in [2.45, 2.75) is 26.4 Å². The molecule has 0 bridgehead atoms. The Morgan fingerprint density at radius 3 is 2.76 bits per heavy atom. The smallest absolute Gasteiger partial charge is 0.305 e. The van der Waals surface area contributed by atoms with Crippen LogP contribution in [0.15, 0.2) is 22.7 Å². The van der Waals surface area contributed by atoms with E-state index in [1.165, 1.54) is 0 Å². The lowest BCUT2D eigenvalue weighted by atomic mass is 10.1. The van der Waals surface area contributed by atoms with Crippen LogP contribution in [0.25, 0.3) is 11.3 Å². The maximum Gasteiger partial charge on any atom is 0.305 e. The van der Waals surface area contributed by atoms with Crippen LogP contribution in [0.5, 0.6) is 0 Å². The van der Waals surface area contributed by atoms with Crippen LogP contribution in [-0.2, 0) is 6.54 Å². The fraction of sp³-hybridized carbons (Fsp3) is 0.308. The van der Waals surface area contributed by atoms with Gasteiger partial charge in [-0.15, -0.1) is 0 Å². The van der Waals surface area contributed by atoms with E-state index in [0.717, 1.165) is 18.3 Å². The van der Waals surface area contributed by atoms with Gasteiger partial charge < -0.3 is 9.73 Å². The summed E-state index contributed by atoms with van der Waals surface area (Å²) in [5.74, 6) is -2.17. The van der Waals surface area contributed by atoms with Crippen LogP contribution >= 0.6 is 0 Å². The summed E-state index contributed by atoms with van der Waals surface area (Å²) in [6.07, 6.45) is 1.14. The number of hydrogen-bond donors (Lipinski definition) is 1. The van der Waals surface area contributed by atoms with Gasteiger partial charge in [0.2, 0.25) is 11.7 Å². The van der Waals surface area contributed by atoms with Crippen LogP contribution in [0, 0.1) is 21.7 Å². The number of benzene rings is 1. The van der Waals surface area contributed by atoms with Gasteiger partial charge in [-0.05, 0) is 6.07 Å². The van der Waals surface area contributed by atoms with Crippen molar-refractivity contribution in [3.8, 4) is 11.3 Å². The Balaban J connectivity index is 2.38. The van der Waals surface area contributed by atoms with Crippen LogP contribution in [0.1, 0.15) is 19.7 Å². The minimum Gasteiger partial charge on any atom is -0.439 e. The Labute approximate surface area is 118 Å². The van der Waals surface area contributed by atoms with E-state index < -0.39 is 27.8 Å². The molecular formula is C13H13F2N3O3. The fourth-order valence-electron chi connectivity index (χ4n) is 1.71. The molecule has 0 amide bonds. The van der Waals surface area contributed by atoms with Crippen LogP contribution in [0.2, 0.25) is 0 Å². The highest BCUT2D eigenvalue weighted by molar-refractivity contribution is 5.62. The van der Waals surface area contributed by atoms with Crippen LogP contribution in [0.4, 0.5) is 14.5 Å².